The van der Waals surface area contributed by atoms with Gasteiger partial charge in [-0.25, -0.2) is 0 Å². The summed E-state index contributed by atoms with van der Waals surface area (Å²) in [4.78, 5) is 27.9. The zero-order valence-corrected chi connectivity index (χ0v) is 20.6. The van der Waals surface area contributed by atoms with Gasteiger partial charge in [0.25, 0.3) is 11.7 Å². The standard InChI is InChI=1S/C26H20Cl3NO4/c1-3-34-17-8-10-19(27)18(13-17)24(31)22-23(15-7-9-20(28)21(29)12-15)30(26(33)25(22)32)16-6-4-5-14(2)11-16/h4-13,23,31H,3H2,1-2H3/b24-22+. The van der Waals surface area contributed by atoms with Crippen LogP contribution in [0.2, 0.25) is 15.1 Å². The lowest BCUT2D eigenvalue weighted by Gasteiger charge is -2.26. The molecular weight excluding hydrogens is 497 g/mol. The first kappa shape index (κ1) is 24.1. The van der Waals surface area contributed by atoms with E-state index in [1.807, 2.05) is 19.9 Å². The van der Waals surface area contributed by atoms with Crippen molar-refractivity contribution < 1.29 is 19.4 Å². The van der Waals surface area contributed by atoms with Gasteiger partial charge in [-0.3, -0.25) is 14.5 Å². The lowest BCUT2D eigenvalue weighted by atomic mass is 9.95. The van der Waals surface area contributed by atoms with E-state index >= 15 is 0 Å². The van der Waals surface area contributed by atoms with E-state index in [4.69, 9.17) is 39.5 Å². The first-order valence-electron chi connectivity index (χ1n) is 10.5. The number of amides is 1. The van der Waals surface area contributed by atoms with Crippen LogP contribution in [0.4, 0.5) is 5.69 Å². The molecule has 0 aromatic heterocycles. The van der Waals surface area contributed by atoms with Gasteiger partial charge in [-0.05, 0) is 67.4 Å². The number of carbonyl (C=O) groups excluding carboxylic acids is 2. The monoisotopic (exact) mass is 515 g/mol. The Kier molecular flexibility index (Phi) is 6.89. The van der Waals surface area contributed by atoms with Crippen molar-refractivity contribution in [1.29, 1.82) is 0 Å². The number of aryl methyl sites for hydroxylation is 1. The summed E-state index contributed by atoms with van der Waals surface area (Å²) in [5.41, 5.74) is 1.99. The van der Waals surface area contributed by atoms with Crippen LogP contribution in [-0.4, -0.2) is 23.4 Å². The first-order chi connectivity index (χ1) is 16.2. The first-order valence-corrected chi connectivity index (χ1v) is 11.6. The van der Waals surface area contributed by atoms with E-state index in [-0.39, 0.29) is 21.2 Å². The minimum atomic E-state index is -0.955. The van der Waals surface area contributed by atoms with Crippen molar-refractivity contribution in [2.24, 2.45) is 0 Å². The number of nitrogens with zero attached hydrogens (tertiary/aromatic N) is 1. The van der Waals surface area contributed by atoms with Crippen LogP contribution in [0.15, 0.2) is 66.2 Å². The highest BCUT2D eigenvalue weighted by molar-refractivity contribution is 6.52. The molecule has 0 spiro atoms. The number of aliphatic hydroxyl groups is 1. The second-order valence-electron chi connectivity index (χ2n) is 7.76. The topological polar surface area (TPSA) is 66.8 Å². The minimum absolute atomic E-state index is 0.111. The van der Waals surface area contributed by atoms with E-state index in [1.54, 1.807) is 48.5 Å². The molecule has 34 heavy (non-hydrogen) atoms. The Labute approximate surface area is 212 Å². The van der Waals surface area contributed by atoms with Gasteiger partial charge in [-0.2, -0.15) is 0 Å². The molecule has 1 atom stereocenters. The van der Waals surface area contributed by atoms with Gasteiger partial charge in [0.1, 0.15) is 11.5 Å². The smallest absolute Gasteiger partial charge is 0.300 e. The molecular formula is C26H20Cl3NO4. The average Bonchev–Trinajstić information content (AvgIpc) is 3.07. The fourth-order valence-corrected chi connectivity index (χ4v) is 4.48. The molecule has 1 heterocycles. The van der Waals surface area contributed by atoms with Crippen LogP contribution in [-0.2, 0) is 9.59 Å². The maximum absolute atomic E-state index is 13.3. The number of ketones is 1. The van der Waals surface area contributed by atoms with Gasteiger partial charge >= 0.3 is 0 Å². The Morgan fingerprint density at radius 2 is 1.71 bits per heavy atom. The summed E-state index contributed by atoms with van der Waals surface area (Å²) in [5.74, 6) is -1.56. The second-order valence-corrected chi connectivity index (χ2v) is 8.98. The fraction of sp³-hybridized carbons (Fsp3) is 0.154. The Morgan fingerprint density at radius 3 is 2.38 bits per heavy atom. The maximum atomic E-state index is 13.3. The molecule has 4 rings (SSSR count). The van der Waals surface area contributed by atoms with Crippen LogP contribution in [0.3, 0.4) is 0 Å². The lowest BCUT2D eigenvalue weighted by Crippen LogP contribution is -2.29. The van der Waals surface area contributed by atoms with Crippen molar-refractivity contribution in [2.45, 2.75) is 19.9 Å². The maximum Gasteiger partial charge on any atom is 0.300 e. The third kappa shape index (κ3) is 4.39. The number of Topliss-reactive ketones (excluding diaryl/α,β-unsaturated/α-hetero) is 1. The number of ether oxygens (including phenoxy) is 1. The molecule has 174 valence electrons. The van der Waals surface area contributed by atoms with Crippen molar-refractivity contribution >= 4 is 57.9 Å². The van der Waals surface area contributed by atoms with Crippen molar-refractivity contribution in [3.63, 3.8) is 0 Å². The third-order valence-corrected chi connectivity index (χ3v) is 6.56. The number of benzene rings is 3. The summed E-state index contributed by atoms with van der Waals surface area (Å²) in [6.07, 6.45) is 0. The molecule has 0 saturated carbocycles. The molecule has 1 aliphatic heterocycles. The molecule has 1 fully saturated rings. The minimum Gasteiger partial charge on any atom is -0.507 e. The number of halogens is 3. The van der Waals surface area contributed by atoms with Crippen LogP contribution < -0.4 is 9.64 Å². The molecule has 0 aliphatic carbocycles. The fourth-order valence-electron chi connectivity index (χ4n) is 3.96. The summed E-state index contributed by atoms with van der Waals surface area (Å²) in [5, 5.41) is 12.1. The predicted molar refractivity (Wildman–Crippen MR) is 135 cm³/mol. The van der Waals surface area contributed by atoms with Crippen LogP contribution >= 0.6 is 34.8 Å². The number of anilines is 1. The number of hydrogen-bond donors (Lipinski definition) is 1. The molecule has 1 aliphatic rings. The summed E-state index contributed by atoms with van der Waals surface area (Å²) in [6, 6.07) is 15.8. The van der Waals surface area contributed by atoms with E-state index < -0.39 is 23.5 Å². The third-order valence-electron chi connectivity index (χ3n) is 5.49. The summed E-state index contributed by atoms with van der Waals surface area (Å²) >= 11 is 18.8. The average molecular weight is 517 g/mol. The SMILES string of the molecule is CCOc1ccc(Cl)c(/C(O)=C2\C(=O)C(=O)N(c3cccc(C)c3)C2c2ccc(Cl)c(Cl)c2)c1. The Hall–Kier alpha value is -2.99. The van der Waals surface area contributed by atoms with Gasteiger partial charge in [-0.15, -0.1) is 0 Å². The molecule has 1 unspecified atom stereocenters. The lowest BCUT2D eigenvalue weighted by molar-refractivity contribution is -0.132. The van der Waals surface area contributed by atoms with E-state index in [1.165, 1.54) is 11.0 Å². The molecule has 1 amide bonds. The van der Waals surface area contributed by atoms with Gasteiger partial charge in [0.15, 0.2) is 0 Å². The van der Waals surface area contributed by atoms with E-state index in [0.29, 0.717) is 28.6 Å². The molecule has 0 bridgehead atoms. The molecule has 8 heteroatoms. The normalized spacial score (nSPS) is 17.3. The zero-order valence-electron chi connectivity index (χ0n) is 18.3. The van der Waals surface area contributed by atoms with E-state index in [0.717, 1.165) is 5.56 Å². The highest BCUT2D eigenvalue weighted by Gasteiger charge is 2.47. The van der Waals surface area contributed by atoms with Crippen molar-refractivity contribution in [2.75, 3.05) is 11.5 Å². The predicted octanol–water partition coefficient (Wildman–Crippen LogP) is 6.98. The van der Waals surface area contributed by atoms with Gasteiger partial charge in [0.2, 0.25) is 0 Å². The number of hydrogen-bond acceptors (Lipinski definition) is 4. The molecule has 0 radical (unpaired) electrons. The van der Waals surface area contributed by atoms with Gasteiger partial charge in [0.05, 0.1) is 33.3 Å². The Bertz CT molecular complexity index is 1340. The van der Waals surface area contributed by atoms with Crippen LogP contribution in [0.5, 0.6) is 5.75 Å². The highest BCUT2D eigenvalue weighted by Crippen LogP contribution is 2.44. The highest BCUT2D eigenvalue weighted by atomic mass is 35.5. The van der Waals surface area contributed by atoms with E-state index in [9.17, 15) is 14.7 Å². The van der Waals surface area contributed by atoms with Crippen molar-refractivity contribution in [1.82, 2.24) is 0 Å². The number of carbonyl (C=O) groups is 2. The summed E-state index contributed by atoms with van der Waals surface area (Å²) in [7, 11) is 0. The van der Waals surface area contributed by atoms with Gasteiger partial charge < -0.3 is 9.84 Å². The van der Waals surface area contributed by atoms with Gasteiger partial charge in [-0.1, -0.05) is 53.0 Å². The van der Waals surface area contributed by atoms with Crippen molar-refractivity contribution in [3.8, 4) is 5.75 Å². The van der Waals surface area contributed by atoms with Crippen LogP contribution in [0, 0.1) is 6.92 Å². The van der Waals surface area contributed by atoms with E-state index in [2.05, 4.69) is 0 Å². The number of rotatable bonds is 5. The van der Waals surface area contributed by atoms with Crippen molar-refractivity contribution in [3.05, 3.63) is 98.0 Å². The van der Waals surface area contributed by atoms with Gasteiger partial charge in [0, 0.05) is 11.3 Å². The molecule has 1 saturated heterocycles. The molecule has 3 aromatic rings. The summed E-state index contributed by atoms with van der Waals surface area (Å²) in [6.45, 7) is 4.11. The number of aliphatic hydroxyl groups excluding tert-OH is 1. The summed E-state index contributed by atoms with van der Waals surface area (Å²) < 4.78 is 5.52. The zero-order chi connectivity index (χ0) is 24.6. The molecule has 3 aromatic carbocycles. The van der Waals surface area contributed by atoms with Crippen LogP contribution in [0.1, 0.15) is 29.7 Å². The Morgan fingerprint density at radius 1 is 0.971 bits per heavy atom. The molecule has 5 nitrogen and oxygen atoms in total. The Balaban J connectivity index is 1.98. The second kappa shape index (κ2) is 9.71. The van der Waals surface area contributed by atoms with Crippen LogP contribution in [0.25, 0.3) is 5.76 Å². The molecule has 1 N–H and O–H groups in total. The largest absolute Gasteiger partial charge is 0.507 e. The quantitative estimate of drug-likeness (QED) is 0.226.